The molecule has 0 aromatic carbocycles. The van der Waals surface area contributed by atoms with E-state index in [-0.39, 0.29) is 16.7 Å². The van der Waals surface area contributed by atoms with Crippen LogP contribution in [0.5, 0.6) is 0 Å². The molecule has 1 aliphatic carbocycles. The number of hydrogen-bond acceptors (Lipinski definition) is 4. The molecule has 7 heteroatoms. The van der Waals surface area contributed by atoms with Crippen molar-refractivity contribution in [2.45, 2.75) is 73.5 Å². The highest BCUT2D eigenvalue weighted by Crippen LogP contribution is 2.61. The van der Waals surface area contributed by atoms with Crippen molar-refractivity contribution in [1.29, 1.82) is 5.26 Å². The Labute approximate surface area is 208 Å². The minimum Gasteiger partial charge on any atom is -0.373 e. The molecule has 0 bridgehead atoms. The number of fused-ring (bicyclic) bond motifs is 1. The lowest BCUT2D eigenvalue weighted by molar-refractivity contribution is -0.149. The third-order valence-corrected chi connectivity index (χ3v) is 7.42. The van der Waals surface area contributed by atoms with Gasteiger partial charge in [0, 0.05) is 42.9 Å². The van der Waals surface area contributed by atoms with E-state index in [1.165, 1.54) is 11.8 Å². The summed E-state index contributed by atoms with van der Waals surface area (Å²) in [6, 6.07) is 2.06. The highest BCUT2D eigenvalue weighted by molar-refractivity contribution is 5.98. The molecule has 1 unspecified atom stereocenters. The molecule has 1 saturated heterocycles. The van der Waals surface area contributed by atoms with Gasteiger partial charge in [0.25, 0.3) is 5.91 Å². The molecule has 1 aromatic rings. The zero-order chi connectivity index (χ0) is 26.0. The quantitative estimate of drug-likeness (QED) is 0.415. The van der Waals surface area contributed by atoms with Crippen LogP contribution in [0, 0.1) is 22.2 Å². The Morgan fingerprint density at radius 3 is 2.54 bits per heavy atom. The second kappa shape index (κ2) is 10.2. The number of likely N-dealkylation sites (tertiary alicyclic amines) is 1. The van der Waals surface area contributed by atoms with Gasteiger partial charge in [0.2, 0.25) is 0 Å². The number of nitrogens with one attached hydrogen (secondary N) is 1. The molecule has 6 nitrogen and oxygen atoms in total. The fourth-order valence-corrected chi connectivity index (χ4v) is 5.52. The summed E-state index contributed by atoms with van der Waals surface area (Å²) in [5.41, 5.74) is 4.44. The number of aromatic nitrogens is 2. The fraction of sp³-hybridized carbons (Fsp3) is 0.536. The summed E-state index contributed by atoms with van der Waals surface area (Å²) in [6.45, 7) is 17.8. The summed E-state index contributed by atoms with van der Waals surface area (Å²) in [5, 5.41) is 16.5. The number of carbonyl (C=O) groups excluding carboxylic acids is 1. The first-order chi connectivity index (χ1) is 16.6. The standard InChI is InChI=1S/C26H32FN5O.C2H6/c1-6-19(11-28)9-22(17(2)3)30-24(33)21-12-29-32-8-7-20(10-23(21)32)31-15-26(16-31)13-25(5,14-26)18(4)27;1-2/h6,9-10,12,18H,1,7-8,13-16H2,2-5H3,(H,30,33);1-2H3/b19-9+;. The first kappa shape index (κ1) is 26.5. The van der Waals surface area contributed by atoms with Crippen LogP contribution in [0.1, 0.15) is 76.9 Å². The van der Waals surface area contributed by atoms with Crippen molar-refractivity contribution >= 4 is 12.0 Å². The molecule has 35 heavy (non-hydrogen) atoms. The number of rotatable bonds is 6. The highest BCUT2D eigenvalue weighted by Gasteiger charge is 2.60. The van der Waals surface area contributed by atoms with E-state index in [4.69, 9.17) is 0 Å². The zero-order valence-electron chi connectivity index (χ0n) is 21.9. The van der Waals surface area contributed by atoms with Gasteiger partial charge in [0.05, 0.1) is 29.1 Å². The first-order valence-electron chi connectivity index (χ1n) is 12.5. The summed E-state index contributed by atoms with van der Waals surface area (Å²) in [6.07, 6.45) is 8.76. The van der Waals surface area contributed by atoms with Crippen molar-refractivity contribution in [3.05, 3.63) is 58.7 Å². The van der Waals surface area contributed by atoms with Gasteiger partial charge in [-0.3, -0.25) is 9.48 Å². The van der Waals surface area contributed by atoms with Crippen molar-refractivity contribution in [2.75, 3.05) is 13.1 Å². The van der Waals surface area contributed by atoms with Crippen LogP contribution < -0.4 is 5.32 Å². The number of halogens is 1. The lowest BCUT2D eigenvalue weighted by Gasteiger charge is -2.65. The van der Waals surface area contributed by atoms with Gasteiger partial charge in [0.15, 0.2) is 0 Å². The third kappa shape index (κ3) is 5.12. The summed E-state index contributed by atoms with van der Waals surface area (Å²) >= 11 is 0. The van der Waals surface area contributed by atoms with E-state index in [0.29, 0.717) is 16.8 Å². The zero-order valence-corrected chi connectivity index (χ0v) is 21.9. The van der Waals surface area contributed by atoms with E-state index in [1.807, 2.05) is 32.4 Å². The molecule has 1 spiro atoms. The van der Waals surface area contributed by atoms with Gasteiger partial charge in [-0.15, -0.1) is 0 Å². The third-order valence-electron chi connectivity index (χ3n) is 7.42. The predicted octanol–water partition coefficient (Wildman–Crippen LogP) is 5.77. The maximum Gasteiger partial charge on any atom is 0.259 e. The number of aryl methyl sites for hydroxylation is 1. The van der Waals surface area contributed by atoms with Crippen molar-refractivity contribution in [3.8, 4) is 6.07 Å². The number of allylic oxidation sites excluding steroid dienone is 5. The number of alkyl halides is 1. The van der Waals surface area contributed by atoms with Gasteiger partial charge in [-0.25, -0.2) is 4.39 Å². The number of amides is 1. The van der Waals surface area contributed by atoms with Gasteiger partial charge in [-0.2, -0.15) is 10.4 Å². The van der Waals surface area contributed by atoms with E-state index < -0.39 is 6.17 Å². The number of nitriles is 1. The molecular formula is C28H38FN5O. The molecule has 2 aliphatic heterocycles. The Bertz CT molecular complexity index is 1110. The minimum atomic E-state index is -0.766. The first-order valence-corrected chi connectivity index (χ1v) is 12.5. The van der Waals surface area contributed by atoms with Crippen LogP contribution in [0.4, 0.5) is 4.39 Å². The molecule has 0 radical (unpaired) electrons. The SMILES string of the molecule is C=C/C(C#N)=C\C(NC(=O)c1cnn2c1C=C(N1CC3(C1)CC(C)(C(C)F)C3)CC2)=C(C)C.CC. The topological polar surface area (TPSA) is 74.0 Å². The van der Waals surface area contributed by atoms with Crippen LogP contribution in [-0.2, 0) is 6.54 Å². The van der Waals surface area contributed by atoms with E-state index in [2.05, 4.69) is 41.0 Å². The molecule has 1 aromatic heterocycles. The maximum absolute atomic E-state index is 13.9. The predicted molar refractivity (Wildman–Crippen MR) is 138 cm³/mol. The molecule has 1 N–H and O–H groups in total. The van der Waals surface area contributed by atoms with Crippen LogP contribution in [0.25, 0.3) is 6.08 Å². The summed E-state index contributed by atoms with van der Waals surface area (Å²) in [4.78, 5) is 15.5. The normalized spacial score (nSPS) is 20.0. The van der Waals surface area contributed by atoms with Crippen LogP contribution in [0.3, 0.4) is 0 Å². The van der Waals surface area contributed by atoms with E-state index in [0.717, 1.165) is 50.2 Å². The molecule has 1 atom stereocenters. The van der Waals surface area contributed by atoms with Crippen LogP contribution in [0.2, 0.25) is 0 Å². The van der Waals surface area contributed by atoms with E-state index in [9.17, 15) is 14.4 Å². The maximum atomic E-state index is 13.9. The molecule has 3 aliphatic rings. The molecule has 2 fully saturated rings. The number of carbonyl (C=O) groups is 1. The Morgan fingerprint density at radius 1 is 1.34 bits per heavy atom. The van der Waals surface area contributed by atoms with Gasteiger partial charge in [-0.05, 0) is 51.2 Å². The monoisotopic (exact) mass is 479 g/mol. The molecule has 3 heterocycles. The highest BCUT2D eigenvalue weighted by atomic mass is 19.1. The van der Waals surface area contributed by atoms with Crippen molar-refractivity contribution in [1.82, 2.24) is 20.0 Å². The Kier molecular flexibility index (Phi) is 7.74. The van der Waals surface area contributed by atoms with E-state index >= 15 is 0 Å². The summed E-state index contributed by atoms with van der Waals surface area (Å²) in [5.74, 6) is -0.255. The average molecular weight is 480 g/mol. The van der Waals surface area contributed by atoms with Crippen LogP contribution in [-0.4, -0.2) is 39.8 Å². The largest absolute Gasteiger partial charge is 0.373 e. The smallest absolute Gasteiger partial charge is 0.259 e. The van der Waals surface area contributed by atoms with Gasteiger partial charge in [0.1, 0.15) is 6.17 Å². The minimum absolute atomic E-state index is 0.176. The second-order valence-corrected chi connectivity index (χ2v) is 10.3. The Balaban J connectivity index is 0.00000167. The van der Waals surface area contributed by atoms with Gasteiger partial charge < -0.3 is 10.2 Å². The Morgan fingerprint density at radius 2 is 2.00 bits per heavy atom. The van der Waals surface area contributed by atoms with Crippen LogP contribution >= 0.6 is 0 Å². The fourth-order valence-electron chi connectivity index (χ4n) is 5.52. The number of hydrogen-bond donors (Lipinski definition) is 1. The molecule has 188 valence electrons. The summed E-state index contributed by atoms with van der Waals surface area (Å²) < 4.78 is 15.7. The Hall–Kier alpha value is -3.14. The van der Waals surface area contributed by atoms with Crippen molar-refractivity contribution < 1.29 is 9.18 Å². The van der Waals surface area contributed by atoms with Gasteiger partial charge in [-0.1, -0.05) is 39.0 Å². The molecule has 4 rings (SSSR count). The van der Waals surface area contributed by atoms with Gasteiger partial charge >= 0.3 is 0 Å². The molecule has 1 saturated carbocycles. The number of nitrogens with zero attached hydrogens (tertiary/aromatic N) is 4. The molecular weight excluding hydrogens is 441 g/mol. The van der Waals surface area contributed by atoms with Crippen LogP contribution in [0.15, 0.2) is 47.5 Å². The molecule has 1 amide bonds. The second-order valence-electron chi connectivity index (χ2n) is 10.3. The van der Waals surface area contributed by atoms with Crippen molar-refractivity contribution in [2.24, 2.45) is 10.8 Å². The van der Waals surface area contributed by atoms with E-state index in [1.54, 1.807) is 19.2 Å². The van der Waals surface area contributed by atoms with Crippen molar-refractivity contribution in [3.63, 3.8) is 0 Å². The summed E-state index contributed by atoms with van der Waals surface area (Å²) in [7, 11) is 0. The lowest BCUT2D eigenvalue weighted by Crippen LogP contribution is -2.66. The average Bonchev–Trinajstić information content (AvgIpc) is 3.22. The lowest BCUT2D eigenvalue weighted by atomic mass is 9.49.